The van der Waals surface area contributed by atoms with E-state index in [2.05, 4.69) is 120 Å². The van der Waals surface area contributed by atoms with Crippen LogP contribution in [-0.4, -0.2) is 15.0 Å². The summed E-state index contributed by atoms with van der Waals surface area (Å²) in [7, 11) is 0. The molecule has 3 aromatic heterocycles. The summed E-state index contributed by atoms with van der Waals surface area (Å²) in [6.07, 6.45) is 3.63. The molecule has 0 saturated heterocycles. The van der Waals surface area contributed by atoms with Gasteiger partial charge in [-0.25, -0.2) is 9.97 Å². The summed E-state index contributed by atoms with van der Waals surface area (Å²) in [6.45, 7) is 0. The van der Waals surface area contributed by atoms with Crippen LogP contribution in [0.3, 0.4) is 0 Å². The number of hydrogen-bond acceptors (Lipinski definition) is 3. The van der Waals surface area contributed by atoms with Gasteiger partial charge in [-0.15, -0.1) is 0 Å². The topological polar surface area (TPSA) is 38.7 Å². The van der Waals surface area contributed by atoms with Gasteiger partial charge in [0.25, 0.3) is 0 Å². The summed E-state index contributed by atoms with van der Waals surface area (Å²) in [4.78, 5) is 14.4. The molecule has 8 aromatic rings. The standard InChI is InChI=1S/C37H23N3/c1-2-8-31-24(5-1)10-13-27-6-3-9-32(37(27)31)34-19-17-26-12-15-29(22-36(26)40-34)28-14-11-25-16-18-33(39-35(25)21-28)30-7-4-20-38-23-30/h1-23H. The molecule has 8 rings (SSSR count). The predicted octanol–water partition coefficient (Wildman–Crippen LogP) is 9.49. The Morgan fingerprint density at radius 3 is 1.85 bits per heavy atom. The third-order valence-electron chi connectivity index (χ3n) is 7.72. The lowest BCUT2D eigenvalue weighted by atomic mass is 9.95. The molecule has 0 unspecified atom stereocenters. The van der Waals surface area contributed by atoms with Crippen LogP contribution in [0.1, 0.15) is 0 Å². The van der Waals surface area contributed by atoms with E-state index in [0.29, 0.717) is 0 Å². The fourth-order valence-electron chi connectivity index (χ4n) is 5.69. The summed E-state index contributed by atoms with van der Waals surface area (Å²) in [5, 5.41) is 7.19. The Bertz CT molecular complexity index is 2220. The molecule has 0 atom stereocenters. The van der Waals surface area contributed by atoms with Gasteiger partial charge in [-0.1, -0.05) is 91.0 Å². The zero-order valence-electron chi connectivity index (χ0n) is 21.6. The Kier molecular flexibility index (Phi) is 5.14. The maximum Gasteiger partial charge on any atom is 0.0725 e. The van der Waals surface area contributed by atoms with Gasteiger partial charge in [0, 0.05) is 34.3 Å². The average Bonchev–Trinajstić information content (AvgIpc) is 3.03. The third-order valence-corrected chi connectivity index (χ3v) is 7.72. The van der Waals surface area contributed by atoms with E-state index < -0.39 is 0 Å². The number of rotatable bonds is 3. The fourth-order valence-corrected chi connectivity index (χ4v) is 5.69. The normalized spacial score (nSPS) is 11.5. The Labute approximate surface area is 231 Å². The molecule has 3 heteroatoms. The summed E-state index contributed by atoms with van der Waals surface area (Å²) in [5.74, 6) is 0. The quantitative estimate of drug-likeness (QED) is 0.223. The Morgan fingerprint density at radius 2 is 1.07 bits per heavy atom. The zero-order valence-corrected chi connectivity index (χ0v) is 21.6. The van der Waals surface area contributed by atoms with Gasteiger partial charge < -0.3 is 0 Å². The van der Waals surface area contributed by atoms with Crippen molar-refractivity contribution in [2.75, 3.05) is 0 Å². The molecule has 0 bridgehead atoms. The smallest absolute Gasteiger partial charge is 0.0725 e. The number of pyridine rings is 3. The first-order valence-corrected chi connectivity index (χ1v) is 13.4. The lowest BCUT2D eigenvalue weighted by molar-refractivity contribution is 1.30. The van der Waals surface area contributed by atoms with Crippen molar-refractivity contribution in [3.63, 3.8) is 0 Å². The highest BCUT2D eigenvalue weighted by atomic mass is 14.7. The van der Waals surface area contributed by atoms with E-state index >= 15 is 0 Å². The molecular formula is C37H23N3. The van der Waals surface area contributed by atoms with Crippen molar-refractivity contribution >= 4 is 43.4 Å². The van der Waals surface area contributed by atoms with Crippen LogP contribution < -0.4 is 0 Å². The van der Waals surface area contributed by atoms with Crippen LogP contribution >= 0.6 is 0 Å². The first-order chi connectivity index (χ1) is 19.8. The van der Waals surface area contributed by atoms with Crippen molar-refractivity contribution in [3.05, 3.63) is 140 Å². The maximum absolute atomic E-state index is 5.18. The Morgan fingerprint density at radius 1 is 0.425 bits per heavy atom. The van der Waals surface area contributed by atoms with E-state index in [1.54, 1.807) is 6.20 Å². The monoisotopic (exact) mass is 509 g/mol. The molecule has 0 fully saturated rings. The molecule has 186 valence electrons. The number of aromatic nitrogens is 3. The van der Waals surface area contributed by atoms with Crippen molar-refractivity contribution in [1.29, 1.82) is 0 Å². The van der Waals surface area contributed by atoms with E-state index in [1.807, 2.05) is 18.3 Å². The van der Waals surface area contributed by atoms with Crippen molar-refractivity contribution in [2.45, 2.75) is 0 Å². The zero-order chi connectivity index (χ0) is 26.5. The molecule has 5 aromatic carbocycles. The largest absolute Gasteiger partial charge is 0.264 e. The minimum atomic E-state index is 0.921. The predicted molar refractivity (Wildman–Crippen MR) is 166 cm³/mol. The summed E-state index contributed by atoms with van der Waals surface area (Å²) < 4.78 is 0. The van der Waals surface area contributed by atoms with Crippen LogP contribution in [0.4, 0.5) is 0 Å². The highest BCUT2D eigenvalue weighted by molar-refractivity contribution is 6.14. The van der Waals surface area contributed by atoms with Crippen molar-refractivity contribution in [2.24, 2.45) is 0 Å². The molecule has 0 radical (unpaired) electrons. The Hall–Kier alpha value is -5.41. The third kappa shape index (κ3) is 3.79. The van der Waals surface area contributed by atoms with Gasteiger partial charge in [-0.2, -0.15) is 0 Å². The van der Waals surface area contributed by atoms with Crippen LogP contribution in [0.5, 0.6) is 0 Å². The molecule has 0 aliphatic carbocycles. The minimum Gasteiger partial charge on any atom is -0.264 e. The van der Waals surface area contributed by atoms with E-state index in [-0.39, 0.29) is 0 Å². The van der Waals surface area contributed by atoms with Crippen LogP contribution in [0.25, 0.3) is 77.0 Å². The molecule has 3 nitrogen and oxygen atoms in total. The lowest BCUT2D eigenvalue weighted by Gasteiger charge is -2.11. The van der Waals surface area contributed by atoms with Gasteiger partial charge in [-0.3, -0.25) is 4.98 Å². The minimum absolute atomic E-state index is 0.921. The van der Waals surface area contributed by atoms with E-state index in [4.69, 9.17) is 9.97 Å². The molecule has 40 heavy (non-hydrogen) atoms. The summed E-state index contributed by atoms with van der Waals surface area (Å²) in [6, 6.07) is 44.9. The van der Waals surface area contributed by atoms with Crippen LogP contribution in [0.15, 0.2) is 140 Å². The van der Waals surface area contributed by atoms with Crippen molar-refractivity contribution in [1.82, 2.24) is 15.0 Å². The maximum atomic E-state index is 5.18. The van der Waals surface area contributed by atoms with Gasteiger partial charge in [0.05, 0.1) is 22.4 Å². The first kappa shape index (κ1) is 22.6. The molecule has 0 aliphatic rings. The second kappa shape index (κ2) is 9.11. The highest BCUT2D eigenvalue weighted by Crippen LogP contribution is 2.35. The molecule has 0 amide bonds. The molecular weight excluding hydrogens is 486 g/mol. The SMILES string of the molecule is c1cncc(-c2ccc3ccc(-c4ccc5ccc(-c6cccc7ccc8ccccc8c67)nc5c4)cc3n2)c1. The van der Waals surface area contributed by atoms with Gasteiger partial charge >= 0.3 is 0 Å². The second-order valence-corrected chi connectivity index (χ2v) is 10.1. The van der Waals surface area contributed by atoms with Gasteiger partial charge in [-0.05, 0) is 69.1 Å². The molecule has 0 N–H and O–H groups in total. The Balaban J connectivity index is 1.25. The average molecular weight is 510 g/mol. The molecule has 3 heterocycles. The second-order valence-electron chi connectivity index (χ2n) is 10.1. The van der Waals surface area contributed by atoms with Gasteiger partial charge in [0.1, 0.15) is 0 Å². The number of benzene rings is 5. The van der Waals surface area contributed by atoms with E-state index in [1.165, 1.54) is 21.5 Å². The van der Waals surface area contributed by atoms with Crippen LogP contribution in [0.2, 0.25) is 0 Å². The lowest BCUT2D eigenvalue weighted by Crippen LogP contribution is -1.90. The van der Waals surface area contributed by atoms with E-state index in [0.717, 1.165) is 55.4 Å². The van der Waals surface area contributed by atoms with Crippen molar-refractivity contribution in [3.8, 4) is 33.6 Å². The number of fused-ring (bicyclic) bond motifs is 5. The van der Waals surface area contributed by atoms with Crippen molar-refractivity contribution < 1.29 is 0 Å². The molecule has 0 aliphatic heterocycles. The van der Waals surface area contributed by atoms with Gasteiger partial charge in [0.2, 0.25) is 0 Å². The molecule has 0 saturated carbocycles. The van der Waals surface area contributed by atoms with Crippen LogP contribution in [0, 0.1) is 0 Å². The summed E-state index contributed by atoms with van der Waals surface area (Å²) >= 11 is 0. The number of hydrogen-bond donors (Lipinski definition) is 0. The summed E-state index contributed by atoms with van der Waals surface area (Å²) in [5.41, 5.74) is 8.24. The fraction of sp³-hybridized carbons (Fsp3) is 0. The van der Waals surface area contributed by atoms with Gasteiger partial charge in [0.15, 0.2) is 0 Å². The molecule has 0 spiro atoms. The first-order valence-electron chi connectivity index (χ1n) is 13.4. The highest BCUT2D eigenvalue weighted by Gasteiger charge is 2.11. The number of nitrogens with zero attached hydrogens (tertiary/aromatic N) is 3. The van der Waals surface area contributed by atoms with E-state index in [9.17, 15) is 0 Å². The van der Waals surface area contributed by atoms with Crippen LogP contribution in [-0.2, 0) is 0 Å².